The number of aryl methyl sites for hydroxylation is 3. The van der Waals surface area contributed by atoms with Crippen molar-refractivity contribution in [1.29, 1.82) is 0 Å². The zero-order chi connectivity index (χ0) is 25.9. The molecule has 0 aliphatic carbocycles. The smallest absolute Gasteiger partial charge is 0.246 e. The molecular weight excluding hydrogens is 476 g/mol. The summed E-state index contributed by atoms with van der Waals surface area (Å²) in [5.41, 5.74) is 5.55. The first-order valence-corrected chi connectivity index (χ1v) is 13.7. The number of anilines is 1. The first-order valence-electron chi connectivity index (χ1n) is 12.3. The van der Waals surface area contributed by atoms with Crippen molar-refractivity contribution in [2.75, 3.05) is 44.3 Å². The normalized spacial score (nSPS) is 14.6. The van der Waals surface area contributed by atoms with Gasteiger partial charge in [-0.1, -0.05) is 6.07 Å². The Morgan fingerprint density at radius 2 is 1.50 bits per heavy atom. The largest absolute Gasteiger partial charge is 0.494 e. The lowest BCUT2D eigenvalue weighted by atomic mass is 9.99. The lowest BCUT2D eigenvalue weighted by Gasteiger charge is -2.34. The van der Waals surface area contributed by atoms with Gasteiger partial charge in [-0.3, -0.25) is 0 Å². The van der Waals surface area contributed by atoms with E-state index < -0.39 is 10.0 Å². The molecule has 9 heteroatoms. The highest BCUT2D eigenvalue weighted by Gasteiger charge is 2.31. The number of rotatable bonds is 8. The van der Waals surface area contributed by atoms with Crippen LogP contribution in [0, 0.1) is 20.8 Å². The molecule has 2 heterocycles. The first-order chi connectivity index (χ1) is 17.2. The van der Waals surface area contributed by atoms with E-state index in [1.165, 1.54) is 21.0 Å². The van der Waals surface area contributed by atoms with Crippen LogP contribution in [0.5, 0.6) is 11.5 Å². The lowest BCUT2D eigenvalue weighted by molar-refractivity contribution is 0.314. The van der Waals surface area contributed by atoms with E-state index in [2.05, 4.69) is 48.0 Å². The van der Waals surface area contributed by atoms with Gasteiger partial charge < -0.3 is 14.4 Å². The molecular formula is C27H34N4O4S. The second-order valence-electron chi connectivity index (χ2n) is 8.89. The monoisotopic (exact) mass is 510 g/mol. The summed E-state index contributed by atoms with van der Waals surface area (Å²) >= 11 is 0. The van der Waals surface area contributed by atoms with Crippen molar-refractivity contribution < 1.29 is 17.9 Å². The molecule has 8 nitrogen and oxygen atoms in total. The predicted octanol–water partition coefficient (Wildman–Crippen LogP) is 4.38. The Labute approximate surface area is 213 Å². The highest BCUT2D eigenvalue weighted by molar-refractivity contribution is 7.89. The molecule has 1 fully saturated rings. The average Bonchev–Trinajstić information content (AvgIpc) is 2.87. The minimum atomic E-state index is -3.72. The SMILES string of the molecule is CCOc1ccc(S(=O)(=O)N2CCN(c3ccc(-c4cc(C)c(C)cc4C)nn3)CC2)c(OCC)c1. The van der Waals surface area contributed by atoms with Crippen LogP contribution in [0.2, 0.25) is 0 Å². The molecule has 0 amide bonds. The summed E-state index contributed by atoms with van der Waals surface area (Å²) in [6, 6.07) is 13.1. The van der Waals surface area contributed by atoms with E-state index in [0.29, 0.717) is 50.9 Å². The van der Waals surface area contributed by atoms with Crippen LogP contribution in [0.1, 0.15) is 30.5 Å². The Morgan fingerprint density at radius 1 is 0.806 bits per heavy atom. The Hall–Kier alpha value is -3.17. The third-order valence-corrected chi connectivity index (χ3v) is 8.41. The summed E-state index contributed by atoms with van der Waals surface area (Å²) < 4.78 is 39.5. The van der Waals surface area contributed by atoms with Crippen molar-refractivity contribution >= 4 is 15.8 Å². The highest BCUT2D eigenvalue weighted by atomic mass is 32.2. The standard InChI is InChI=1S/C27H34N4O4S/c1-6-34-22-8-10-26(25(18-22)35-7-2)36(32,33)31-14-12-30(13-15-31)27-11-9-24(28-29-27)23-17-20(4)19(3)16-21(23)5/h8-11,16-18H,6-7,12-15H2,1-5H3. The van der Waals surface area contributed by atoms with Crippen LogP contribution >= 0.6 is 0 Å². The van der Waals surface area contributed by atoms with Crippen LogP contribution in [-0.4, -0.2) is 62.3 Å². The second kappa shape index (κ2) is 10.8. The topological polar surface area (TPSA) is 84.9 Å². The van der Waals surface area contributed by atoms with E-state index >= 15 is 0 Å². The van der Waals surface area contributed by atoms with Gasteiger partial charge in [0.2, 0.25) is 10.0 Å². The molecule has 1 aromatic heterocycles. The zero-order valence-electron chi connectivity index (χ0n) is 21.6. The summed E-state index contributed by atoms with van der Waals surface area (Å²) in [6.45, 7) is 12.6. The van der Waals surface area contributed by atoms with Crippen LogP contribution in [0.4, 0.5) is 5.82 Å². The van der Waals surface area contributed by atoms with Gasteiger partial charge in [-0.15, -0.1) is 10.2 Å². The van der Waals surface area contributed by atoms with E-state index in [4.69, 9.17) is 9.47 Å². The maximum atomic E-state index is 13.4. The summed E-state index contributed by atoms with van der Waals surface area (Å²) in [6.07, 6.45) is 0. The van der Waals surface area contributed by atoms with E-state index in [0.717, 1.165) is 17.1 Å². The van der Waals surface area contributed by atoms with Crippen molar-refractivity contribution in [2.45, 2.75) is 39.5 Å². The van der Waals surface area contributed by atoms with Crippen LogP contribution in [0.3, 0.4) is 0 Å². The summed E-state index contributed by atoms with van der Waals surface area (Å²) in [4.78, 5) is 2.23. The molecule has 0 radical (unpaired) electrons. The number of benzene rings is 2. The molecule has 3 aromatic rings. The maximum Gasteiger partial charge on any atom is 0.246 e. The van der Waals surface area contributed by atoms with E-state index in [-0.39, 0.29) is 4.90 Å². The van der Waals surface area contributed by atoms with Crippen molar-refractivity contribution in [3.8, 4) is 22.8 Å². The number of ether oxygens (including phenoxy) is 2. The van der Waals surface area contributed by atoms with Gasteiger partial charge in [0.15, 0.2) is 5.82 Å². The fourth-order valence-corrected chi connectivity index (χ4v) is 5.93. The number of piperazine rings is 1. The van der Waals surface area contributed by atoms with Gasteiger partial charge in [-0.05, 0) is 81.6 Å². The van der Waals surface area contributed by atoms with Crippen molar-refractivity contribution in [1.82, 2.24) is 14.5 Å². The third kappa shape index (κ3) is 5.32. The van der Waals surface area contributed by atoms with E-state index in [1.807, 2.05) is 26.0 Å². The predicted molar refractivity (Wildman–Crippen MR) is 141 cm³/mol. The Morgan fingerprint density at radius 3 is 2.14 bits per heavy atom. The molecule has 1 saturated heterocycles. The number of nitrogens with zero attached hydrogens (tertiary/aromatic N) is 4. The third-order valence-electron chi connectivity index (χ3n) is 6.47. The van der Waals surface area contributed by atoms with Gasteiger partial charge in [0.25, 0.3) is 0 Å². The Balaban J connectivity index is 1.47. The molecule has 4 rings (SSSR count). The Kier molecular flexibility index (Phi) is 7.80. The number of hydrogen-bond acceptors (Lipinski definition) is 7. The summed E-state index contributed by atoms with van der Waals surface area (Å²) in [5, 5.41) is 8.93. The maximum absolute atomic E-state index is 13.4. The van der Waals surface area contributed by atoms with Crippen LogP contribution < -0.4 is 14.4 Å². The molecule has 0 bridgehead atoms. The van der Waals surface area contributed by atoms with Crippen LogP contribution in [-0.2, 0) is 10.0 Å². The van der Waals surface area contributed by atoms with Crippen molar-refractivity contribution in [2.24, 2.45) is 0 Å². The molecule has 0 unspecified atom stereocenters. The fourth-order valence-electron chi connectivity index (χ4n) is 4.40. The van der Waals surface area contributed by atoms with Gasteiger partial charge in [0.1, 0.15) is 16.4 Å². The molecule has 1 aliphatic rings. The highest BCUT2D eigenvalue weighted by Crippen LogP contribution is 2.32. The minimum absolute atomic E-state index is 0.161. The van der Waals surface area contributed by atoms with E-state index in [1.54, 1.807) is 18.2 Å². The van der Waals surface area contributed by atoms with Gasteiger partial charge in [0, 0.05) is 37.8 Å². The molecule has 0 spiro atoms. The molecule has 1 aliphatic heterocycles. The number of hydrogen-bond donors (Lipinski definition) is 0. The molecule has 36 heavy (non-hydrogen) atoms. The van der Waals surface area contributed by atoms with Gasteiger partial charge in [0.05, 0.1) is 18.9 Å². The number of aromatic nitrogens is 2. The summed E-state index contributed by atoms with van der Waals surface area (Å²) in [7, 11) is -3.72. The fraction of sp³-hybridized carbons (Fsp3) is 0.407. The summed E-state index contributed by atoms with van der Waals surface area (Å²) in [5.74, 6) is 1.64. The average molecular weight is 511 g/mol. The molecule has 192 valence electrons. The number of sulfonamides is 1. The molecule has 2 aromatic carbocycles. The second-order valence-corrected chi connectivity index (χ2v) is 10.8. The van der Waals surface area contributed by atoms with Crippen molar-refractivity contribution in [3.05, 3.63) is 59.2 Å². The van der Waals surface area contributed by atoms with Gasteiger partial charge in [-0.25, -0.2) is 8.42 Å². The zero-order valence-corrected chi connectivity index (χ0v) is 22.4. The quantitative estimate of drug-likeness (QED) is 0.445. The first kappa shape index (κ1) is 25.9. The van der Waals surface area contributed by atoms with Gasteiger partial charge >= 0.3 is 0 Å². The molecule has 0 saturated carbocycles. The molecule has 0 atom stereocenters. The molecule has 0 N–H and O–H groups in total. The van der Waals surface area contributed by atoms with Crippen LogP contribution in [0.25, 0.3) is 11.3 Å². The Bertz CT molecular complexity index is 1320. The van der Waals surface area contributed by atoms with E-state index in [9.17, 15) is 8.42 Å². The van der Waals surface area contributed by atoms with Crippen molar-refractivity contribution in [3.63, 3.8) is 0 Å². The van der Waals surface area contributed by atoms with Gasteiger partial charge in [-0.2, -0.15) is 4.31 Å². The lowest BCUT2D eigenvalue weighted by Crippen LogP contribution is -2.49. The van der Waals surface area contributed by atoms with Crippen LogP contribution in [0.15, 0.2) is 47.4 Å². The minimum Gasteiger partial charge on any atom is -0.494 e.